The van der Waals surface area contributed by atoms with E-state index in [1.54, 1.807) is 13.8 Å². The van der Waals surface area contributed by atoms with Gasteiger partial charge in [-0.25, -0.2) is 15.0 Å². The molecule has 4 aromatic rings. The highest BCUT2D eigenvalue weighted by molar-refractivity contribution is 8.03. The molecule has 0 fully saturated rings. The fraction of sp³-hybridized carbons (Fsp3) is 0.217. The number of benzene rings is 2. The standard InChI is InChI=1S/C23H22N4O2S2.ClH/c1-23(2,20(28)29)31-22-27-19(14-30-22)9-10-24-21-25-12-18(13-26-21)17-8-7-15-5-3-4-6-16(15)11-17;/h3-8,11-14H,9-10H2,1-2H3,(H,28,29)(H,24,25,26);1H. The van der Waals surface area contributed by atoms with Crippen LogP contribution in [0, 0.1) is 0 Å². The van der Waals surface area contributed by atoms with Crippen LogP contribution in [0.15, 0.2) is 64.6 Å². The number of aromatic nitrogens is 3. The molecule has 32 heavy (non-hydrogen) atoms. The Kier molecular flexibility index (Phi) is 7.71. The minimum absolute atomic E-state index is 0. The highest BCUT2D eigenvalue weighted by Crippen LogP contribution is 2.34. The fourth-order valence-corrected chi connectivity index (χ4v) is 5.18. The Morgan fingerprint density at radius 3 is 2.53 bits per heavy atom. The van der Waals surface area contributed by atoms with E-state index in [0.29, 0.717) is 18.9 Å². The molecule has 0 unspecified atom stereocenters. The lowest BCUT2D eigenvalue weighted by Crippen LogP contribution is -2.26. The van der Waals surface area contributed by atoms with Crippen LogP contribution in [0.25, 0.3) is 21.9 Å². The molecule has 4 rings (SSSR count). The van der Waals surface area contributed by atoms with Gasteiger partial charge in [0, 0.05) is 36.3 Å². The van der Waals surface area contributed by atoms with Crippen molar-refractivity contribution in [2.75, 3.05) is 11.9 Å². The van der Waals surface area contributed by atoms with Crippen LogP contribution in [0.2, 0.25) is 0 Å². The van der Waals surface area contributed by atoms with Crippen molar-refractivity contribution in [1.82, 2.24) is 15.0 Å². The minimum atomic E-state index is -0.895. The van der Waals surface area contributed by atoms with Crippen molar-refractivity contribution < 1.29 is 9.90 Å². The number of thioether (sulfide) groups is 1. The lowest BCUT2D eigenvalue weighted by atomic mass is 10.0. The molecular weight excluding hydrogens is 464 g/mol. The Morgan fingerprint density at radius 1 is 1.09 bits per heavy atom. The van der Waals surface area contributed by atoms with Crippen molar-refractivity contribution in [3.8, 4) is 11.1 Å². The second-order valence-electron chi connectivity index (χ2n) is 7.56. The Bertz CT molecular complexity index is 1210. The normalized spacial score (nSPS) is 11.2. The number of fused-ring (bicyclic) bond motifs is 1. The average Bonchev–Trinajstić information content (AvgIpc) is 3.20. The van der Waals surface area contributed by atoms with Crippen molar-refractivity contribution in [1.29, 1.82) is 0 Å². The molecule has 9 heteroatoms. The molecule has 2 aromatic carbocycles. The zero-order chi connectivity index (χ0) is 21.8. The third-order valence-electron chi connectivity index (χ3n) is 4.79. The summed E-state index contributed by atoms with van der Waals surface area (Å²) >= 11 is 2.74. The number of anilines is 1. The van der Waals surface area contributed by atoms with Gasteiger partial charge in [0.25, 0.3) is 0 Å². The third kappa shape index (κ3) is 5.76. The first-order chi connectivity index (χ1) is 14.9. The zero-order valence-corrected chi connectivity index (χ0v) is 20.1. The molecule has 6 nitrogen and oxygen atoms in total. The Balaban J connectivity index is 0.00000289. The van der Waals surface area contributed by atoms with E-state index in [9.17, 15) is 9.90 Å². The van der Waals surface area contributed by atoms with E-state index in [0.717, 1.165) is 21.2 Å². The number of rotatable bonds is 8. The first-order valence-corrected chi connectivity index (χ1v) is 11.5. The molecule has 0 aliphatic heterocycles. The van der Waals surface area contributed by atoms with Gasteiger partial charge in [-0.1, -0.05) is 48.2 Å². The third-order valence-corrected chi connectivity index (χ3v) is 6.96. The quantitative estimate of drug-likeness (QED) is 0.305. The molecule has 2 aromatic heterocycles. The summed E-state index contributed by atoms with van der Waals surface area (Å²) in [7, 11) is 0. The molecule has 0 spiro atoms. The van der Waals surface area contributed by atoms with E-state index < -0.39 is 10.7 Å². The van der Waals surface area contributed by atoms with E-state index >= 15 is 0 Å². The van der Waals surface area contributed by atoms with E-state index in [4.69, 9.17) is 0 Å². The maximum atomic E-state index is 11.3. The number of carbonyl (C=O) groups is 1. The molecule has 0 aliphatic rings. The van der Waals surface area contributed by atoms with Crippen molar-refractivity contribution in [3.63, 3.8) is 0 Å². The van der Waals surface area contributed by atoms with Crippen LogP contribution in [0.4, 0.5) is 5.95 Å². The topological polar surface area (TPSA) is 88.0 Å². The van der Waals surface area contributed by atoms with Gasteiger partial charge in [-0.3, -0.25) is 4.79 Å². The summed E-state index contributed by atoms with van der Waals surface area (Å²) in [6.07, 6.45) is 4.36. The number of carboxylic acid groups (broad SMARTS) is 1. The van der Waals surface area contributed by atoms with Gasteiger partial charge in [-0.2, -0.15) is 0 Å². The monoisotopic (exact) mass is 486 g/mol. The van der Waals surface area contributed by atoms with Gasteiger partial charge in [0.1, 0.15) is 4.75 Å². The SMILES string of the molecule is CC(C)(Sc1nc(CCNc2ncc(-c3ccc4ccccc4c3)cn2)cs1)C(=O)O.Cl. The van der Waals surface area contributed by atoms with Crippen molar-refractivity contribution in [2.45, 2.75) is 29.4 Å². The molecule has 0 bridgehead atoms. The molecular formula is C23H23ClN4O2S2. The Labute approximate surface area is 200 Å². The number of carboxylic acids is 1. The number of halogens is 1. The summed E-state index contributed by atoms with van der Waals surface area (Å²) in [6, 6.07) is 14.6. The maximum absolute atomic E-state index is 11.3. The molecule has 2 N–H and O–H groups in total. The molecule has 0 radical (unpaired) electrons. The molecule has 166 valence electrons. The zero-order valence-electron chi connectivity index (χ0n) is 17.6. The molecule has 0 atom stereocenters. The first-order valence-electron chi connectivity index (χ1n) is 9.83. The van der Waals surface area contributed by atoms with Crippen LogP contribution in [0.3, 0.4) is 0 Å². The number of thiazole rings is 1. The first kappa shape index (κ1) is 24.0. The summed E-state index contributed by atoms with van der Waals surface area (Å²) in [6.45, 7) is 4.01. The minimum Gasteiger partial charge on any atom is -0.480 e. The molecule has 0 amide bonds. The van der Waals surface area contributed by atoms with Crippen LogP contribution >= 0.6 is 35.5 Å². The Hall–Kier alpha value is -2.68. The summed E-state index contributed by atoms with van der Waals surface area (Å²) in [5.41, 5.74) is 2.98. The van der Waals surface area contributed by atoms with E-state index in [1.807, 2.05) is 29.9 Å². The van der Waals surface area contributed by atoms with E-state index in [-0.39, 0.29) is 12.4 Å². The highest BCUT2D eigenvalue weighted by atomic mass is 35.5. The van der Waals surface area contributed by atoms with E-state index in [1.165, 1.54) is 33.9 Å². The lowest BCUT2D eigenvalue weighted by Gasteiger charge is -2.15. The van der Waals surface area contributed by atoms with Crippen LogP contribution < -0.4 is 5.32 Å². The van der Waals surface area contributed by atoms with Crippen LogP contribution in [0.1, 0.15) is 19.5 Å². The van der Waals surface area contributed by atoms with Crippen molar-refractivity contribution in [3.05, 3.63) is 65.9 Å². The maximum Gasteiger partial charge on any atom is 0.319 e. The summed E-state index contributed by atoms with van der Waals surface area (Å²) in [5.74, 6) is -0.276. The van der Waals surface area contributed by atoms with Gasteiger partial charge in [-0.15, -0.1) is 23.7 Å². The molecule has 2 heterocycles. The summed E-state index contributed by atoms with van der Waals surface area (Å²) in [4.78, 5) is 24.7. The number of hydrogen-bond donors (Lipinski definition) is 2. The molecule has 0 saturated carbocycles. The summed E-state index contributed by atoms with van der Waals surface area (Å²) < 4.78 is -0.132. The van der Waals surface area contributed by atoms with Gasteiger partial charge >= 0.3 is 5.97 Å². The van der Waals surface area contributed by atoms with Crippen LogP contribution in [-0.2, 0) is 11.2 Å². The van der Waals surface area contributed by atoms with E-state index in [2.05, 4.69) is 50.6 Å². The van der Waals surface area contributed by atoms with Gasteiger partial charge in [0.15, 0.2) is 4.34 Å². The molecule has 0 aliphatic carbocycles. The second kappa shape index (κ2) is 10.3. The Morgan fingerprint density at radius 2 is 1.81 bits per heavy atom. The average molecular weight is 487 g/mol. The van der Waals surface area contributed by atoms with Crippen molar-refractivity contribution in [2.24, 2.45) is 0 Å². The predicted molar refractivity (Wildman–Crippen MR) is 134 cm³/mol. The second-order valence-corrected chi connectivity index (χ2v) is 10.3. The highest BCUT2D eigenvalue weighted by Gasteiger charge is 2.29. The van der Waals surface area contributed by atoms with Crippen LogP contribution in [0.5, 0.6) is 0 Å². The smallest absolute Gasteiger partial charge is 0.319 e. The molecule has 0 saturated heterocycles. The number of nitrogens with zero attached hydrogens (tertiary/aromatic N) is 3. The number of hydrogen-bond acceptors (Lipinski definition) is 7. The van der Waals surface area contributed by atoms with Gasteiger partial charge in [0.05, 0.1) is 5.69 Å². The number of aliphatic carboxylic acids is 1. The largest absolute Gasteiger partial charge is 0.480 e. The van der Waals surface area contributed by atoms with Crippen LogP contribution in [-0.4, -0.2) is 37.3 Å². The van der Waals surface area contributed by atoms with Gasteiger partial charge in [0.2, 0.25) is 5.95 Å². The predicted octanol–water partition coefficient (Wildman–Crippen LogP) is 5.79. The lowest BCUT2D eigenvalue weighted by molar-refractivity contribution is -0.138. The summed E-state index contributed by atoms with van der Waals surface area (Å²) in [5, 5.41) is 16.8. The van der Waals surface area contributed by atoms with Crippen molar-refractivity contribution >= 4 is 58.2 Å². The number of nitrogens with one attached hydrogen (secondary N) is 1. The van der Waals surface area contributed by atoms with Gasteiger partial charge < -0.3 is 10.4 Å². The fourth-order valence-electron chi connectivity index (χ4n) is 2.95. The van der Waals surface area contributed by atoms with Gasteiger partial charge in [-0.05, 0) is 36.2 Å².